The Labute approximate surface area is 105 Å². The fraction of sp³-hybridized carbons (Fsp3) is 0.273. The largest absolute Gasteiger partial charge is 0.481 e. The van der Waals surface area contributed by atoms with E-state index in [1.807, 2.05) is 12.1 Å². The number of aliphatic carboxylic acids is 1. The smallest absolute Gasteiger partial charge is 0.311 e. The van der Waals surface area contributed by atoms with Crippen molar-refractivity contribution < 1.29 is 14.7 Å². The Balaban J connectivity index is 2.41. The van der Waals surface area contributed by atoms with Crippen LogP contribution in [-0.2, 0) is 9.59 Å². The first-order valence-corrected chi connectivity index (χ1v) is 6.42. The van der Waals surface area contributed by atoms with Crippen LogP contribution in [0.5, 0.6) is 0 Å². The van der Waals surface area contributed by atoms with E-state index in [1.165, 1.54) is 17.4 Å². The number of rotatable bonds is 2. The van der Waals surface area contributed by atoms with Crippen LogP contribution in [0.2, 0.25) is 0 Å². The highest BCUT2D eigenvalue weighted by Gasteiger charge is 2.29. The highest BCUT2D eigenvalue weighted by atomic mass is 79.9. The second-order valence-corrected chi connectivity index (χ2v) is 6.06. The SMILES string of the molecule is O=C1C=C(c2ccc(Br)s2)C(C(=O)O)CC1. The first kappa shape index (κ1) is 11.5. The van der Waals surface area contributed by atoms with E-state index in [2.05, 4.69) is 15.9 Å². The molecule has 0 bridgehead atoms. The Morgan fingerprint density at radius 2 is 2.25 bits per heavy atom. The molecule has 2 rings (SSSR count). The van der Waals surface area contributed by atoms with Gasteiger partial charge in [0.05, 0.1) is 9.70 Å². The summed E-state index contributed by atoms with van der Waals surface area (Å²) in [5, 5.41) is 9.10. The Bertz CT molecular complexity index is 475. The molecule has 1 aromatic rings. The maximum atomic E-state index is 11.3. The van der Waals surface area contributed by atoms with Crippen LogP contribution < -0.4 is 0 Å². The molecule has 84 valence electrons. The van der Waals surface area contributed by atoms with Gasteiger partial charge < -0.3 is 5.11 Å². The average molecular weight is 301 g/mol. The highest BCUT2D eigenvalue weighted by Crippen LogP contribution is 2.36. The first-order valence-electron chi connectivity index (χ1n) is 4.81. The topological polar surface area (TPSA) is 54.4 Å². The number of carboxylic acid groups (broad SMARTS) is 1. The molecular weight excluding hydrogens is 292 g/mol. The van der Waals surface area contributed by atoms with Crippen molar-refractivity contribution in [3.05, 3.63) is 26.9 Å². The summed E-state index contributed by atoms with van der Waals surface area (Å²) in [5.41, 5.74) is 0.638. The van der Waals surface area contributed by atoms with E-state index in [4.69, 9.17) is 5.11 Å². The van der Waals surface area contributed by atoms with Gasteiger partial charge in [0.15, 0.2) is 5.78 Å². The van der Waals surface area contributed by atoms with Gasteiger partial charge in [0.25, 0.3) is 0 Å². The Morgan fingerprint density at radius 1 is 1.50 bits per heavy atom. The molecule has 1 N–H and O–H groups in total. The molecule has 0 amide bonds. The monoisotopic (exact) mass is 300 g/mol. The maximum Gasteiger partial charge on any atom is 0.311 e. The van der Waals surface area contributed by atoms with Gasteiger partial charge in [-0.3, -0.25) is 9.59 Å². The summed E-state index contributed by atoms with van der Waals surface area (Å²) < 4.78 is 0.936. The van der Waals surface area contributed by atoms with Gasteiger partial charge in [-0.25, -0.2) is 0 Å². The molecule has 3 nitrogen and oxygen atoms in total. The minimum atomic E-state index is -0.858. The quantitative estimate of drug-likeness (QED) is 0.913. The number of allylic oxidation sites excluding steroid dienone is 1. The van der Waals surface area contributed by atoms with Crippen molar-refractivity contribution in [2.24, 2.45) is 5.92 Å². The zero-order valence-electron chi connectivity index (χ0n) is 8.27. The first-order chi connectivity index (χ1) is 7.58. The molecule has 0 saturated heterocycles. The molecular formula is C11H9BrO3S. The molecule has 1 aliphatic rings. The zero-order chi connectivity index (χ0) is 11.7. The van der Waals surface area contributed by atoms with Crippen molar-refractivity contribution in [3.8, 4) is 0 Å². The van der Waals surface area contributed by atoms with E-state index in [0.29, 0.717) is 18.4 Å². The molecule has 0 aromatic carbocycles. The number of carbonyl (C=O) groups is 2. The third-order valence-corrected chi connectivity index (χ3v) is 4.20. The number of hydrogen-bond acceptors (Lipinski definition) is 3. The number of carboxylic acids is 1. The standard InChI is InChI=1S/C11H9BrO3S/c12-10-4-3-9(16-10)8-5-6(13)1-2-7(8)11(14)15/h3-5,7H,1-2H2,(H,14,15). The number of halogens is 1. The van der Waals surface area contributed by atoms with Crippen molar-refractivity contribution in [2.75, 3.05) is 0 Å². The van der Waals surface area contributed by atoms with Gasteiger partial charge in [-0.1, -0.05) is 0 Å². The molecule has 1 unspecified atom stereocenters. The van der Waals surface area contributed by atoms with Gasteiger partial charge in [-0.2, -0.15) is 0 Å². The molecule has 0 spiro atoms. The average Bonchev–Trinajstić information content (AvgIpc) is 2.64. The number of thiophene rings is 1. The lowest BCUT2D eigenvalue weighted by Gasteiger charge is -2.18. The van der Waals surface area contributed by atoms with Crippen LogP contribution in [0, 0.1) is 5.92 Å². The fourth-order valence-electron chi connectivity index (χ4n) is 1.76. The predicted molar refractivity (Wildman–Crippen MR) is 65.4 cm³/mol. The lowest BCUT2D eigenvalue weighted by atomic mass is 9.86. The molecule has 0 aliphatic heterocycles. The highest BCUT2D eigenvalue weighted by molar-refractivity contribution is 9.11. The van der Waals surface area contributed by atoms with Crippen molar-refractivity contribution in [2.45, 2.75) is 12.8 Å². The van der Waals surface area contributed by atoms with Crippen LogP contribution in [-0.4, -0.2) is 16.9 Å². The Hall–Kier alpha value is -0.940. The Morgan fingerprint density at radius 3 is 2.81 bits per heavy atom. The molecule has 1 aliphatic carbocycles. The summed E-state index contributed by atoms with van der Waals surface area (Å²) >= 11 is 4.78. The van der Waals surface area contributed by atoms with E-state index < -0.39 is 11.9 Å². The second-order valence-electron chi connectivity index (χ2n) is 3.60. The molecule has 1 heterocycles. The van der Waals surface area contributed by atoms with Gasteiger partial charge in [-0.05, 0) is 46.1 Å². The summed E-state index contributed by atoms with van der Waals surface area (Å²) in [6.07, 6.45) is 2.20. The van der Waals surface area contributed by atoms with E-state index in [0.717, 1.165) is 8.66 Å². The zero-order valence-corrected chi connectivity index (χ0v) is 10.7. The van der Waals surface area contributed by atoms with E-state index >= 15 is 0 Å². The van der Waals surface area contributed by atoms with Crippen LogP contribution in [0.15, 0.2) is 22.0 Å². The van der Waals surface area contributed by atoms with Crippen molar-refractivity contribution in [1.29, 1.82) is 0 Å². The van der Waals surface area contributed by atoms with E-state index in [-0.39, 0.29) is 5.78 Å². The molecule has 1 aromatic heterocycles. The van der Waals surface area contributed by atoms with Crippen molar-refractivity contribution in [1.82, 2.24) is 0 Å². The lowest BCUT2D eigenvalue weighted by molar-refractivity contribution is -0.140. The number of ketones is 1. The molecule has 1 atom stereocenters. The summed E-state index contributed by atoms with van der Waals surface area (Å²) in [5.74, 6) is -1.40. The van der Waals surface area contributed by atoms with Gasteiger partial charge in [0, 0.05) is 11.3 Å². The lowest BCUT2D eigenvalue weighted by Crippen LogP contribution is -2.20. The van der Waals surface area contributed by atoms with Crippen LogP contribution in [0.4, 0.5) is 0 Å². The van der Waals surface area contributed by atoms with Crippen molar-refractivity contribution in [3.63, 3.8) is 0 Å². The summed E-state index contributed by atoms with van der Waals surface area (Å²) in [6, 6.07) is 3.70. The van der Waals surface area contributed by atoms with Gasteiger partial charge in [0.1, 0.15) is 0 Å². The van der Waals surface area contributed by atoms with Crippen LogP contribution in [0.3, 0.4) is 0 Å². The van der Waals surface area contributed by atoms with E-state index in [9.17, 15) is 9.59 Å². The van der Waals surface area contributed by atoms with Crippen LogP contribution in [0.1, 0.15) is 17.7 Å². The number of hydrogen-bond donors (Lipinski definition) is 1. The third kappa shape index (κ3) is 2.25. The maximum absolute atomic E-state index is 11.3. The summed E-state index contributed by atoms with van der Waals surface area (Å²) in [6.45, 7) is 0. The van der Waals surface area contributed by atoms with Gasteiger partial charge >= 0.3 is 5.97 Å². The van der Waals surface area contributed by atoms with Crippen molar-refractivity contribution >= 4 is 44.6 Å². The summed E-state index contributed by atoms with van der Waals surface area (Å²) in [4.78, 5) is 23.3. The second kappa shape index (κ2) is 4.51. The predicted octanol–water partition coefficient (Wildman–Crippen LogP) is 2.96. The van der Waals surface area contributed by atoms with Crippen LogP contribution in [0.25, 0.3) is 5.57 Å². The number of carbonyl (C=O) groups excluding carboxylic acids is 1. The third-order valence-electron chi connectivity index (χ3n) is 2.53. The molecule has 16 heavy (non-hydrogen) atoms. The van der Waals surface area contributed by atoms with Gasteiger partial charge in [-0.15, -0.1) is 11.3 Å². The molecule has 0 saturated carbocycles. The van der Waals surface area contributed by atoms with Gasteiger partial charge in [0.2, 0.25) is 0 Å². The normalized spacial score (nSPS) is 20.7. The molecule has 0 fully saturated rings. The Kier molecular flexibility index (Phi) is 3.25. The minimum absolute atomic E-state index is 0.0111. The summed E-state index contributed by atoms with van der Waals surface area (Å²) in [7, 11) is 0. The minimum Gasteiger partial charge on any atom is -0.481 e. The fourth-order valence-corrected chi connectivity index (χ4v) is 3.21. The molecule has 5 heteroatoms. The van der Waals surface area contributed by atoms with Crippen LogP contribution >= 0.6 is 27.3 Å². The van der Waals surface area contributed by atoms with E-state index in [1.54, 1.807) is 0 Å². The molecule has 0 radical (unpaired) electrons.